The molecule has 0 aliphatic heterocycles. The number of hydrogen-bond acceptors (Lipinski definition) is 3. The molecule has 0 saturated heterocycles. The van der Waals surface area contributed by atoms with E-state index in [0.717, 1.165) is 0 Å². The Balaban J connectivity index is 4.17. The van der Waals surface area contributed by atoms with Crippen molar-refractivity contribution in [3.63, 3.8) is 0 Å². The number of carbonyl (C=O) groups excluding carboxylic acids is 1. The highest BCUT2D eigenvalue weighted by atomic mass is 16.3. The monoisotopic (exact) mass is 216 g/mol. The largest absolute Gasteiger partial charge is 0.388 e. The van der Waals surface area contributed by atoms with Crippen LogP contribution < -0.4 is 10.6 Å². The van der Waals surface area contributed by atoms with Gasteiger partial charge < -0.3 is 15.7 Å². The zero-order valence-corrected chi connectivity index (χ0v) is 10.6. The number of nitrogens with one attached hydrogen (secondary N) is 2. The van der Waals surface area contributed by atoms with Gasteiger partial charge in [0.05, 0.1) is 17.7 Å². The Labute approximate surface area is 92.4 Å². The molecule has 0 atom stereocenters. The van der Waals surface area contributed by atoms with E-state index >= 15 is 0 Å². The lowest BCUT2D eigenvalue weighted by atomic mass is 9.86. The van der Waals surface area contributed by atoms with E-state index in [0.29, 0.717) is 0 Å². The van der Waals surface area contributed by atoms with Crippen LogP contribution in [0.2, 0.25) is 0 Å². The van der Waals surface area contributed by atoms with Gasteiger partial charge in [-0.2, -0.15) is 0 Å². The van der Waals surface area contributed by atoms with Crippen LogP contribution in [0.1, 0.15) is 41.5 Å². The van der Waals surface area contributed by atoms with Gasteiger partial charge in [-0.05, 0) is 27.7 Å². The first-order valence-electron chi connectivity index (χ1n) is 5.33. The zero-order valence-electron chi connectivity index (χ0n) is 10.6. The lowest BCUT2D eigenvalue weighted by molar-refractivity contribution is -0.125. The van der Waals surface area contributed by atoms with Crippen molar-refractivity contribution in [2.45, 2.75) is 58.7 Å². The third kappa shape index (κ3) is 5.14. The maximum atomic E-state index is 11.5. The molecule has 0 aliphatic rings. The summed E-state index contributed by atoms with van der Waals surface area (Å²) in [5.74, 6) is -0.101. The molecule has 0 rings (SSSR count). The topological polar surface area (TPSA) is 61.4 Å². The normalized spacial score (nSPS) is 13.1. The second-order valence-electron chi connectivity index (χ2n) is 5.27. The Hall–Kier alpha value is -0.610. The minimum atomic E-state index is -0.944. The standard InChI is InChI=1S/C11H24N2O2/c1-8(2)12-7-9(14)13-10(3,4)11(5,6)15/h8,12,15H,7H2,1-6H3,(H,13,14). The predicted molar refractivity (Wildman–Crippen MR) is 61.7 cm³/mol. The SMILES string of the molecule is CC(C)NCC(=O)NC(C)(C)C(C)(C)O. The zero-order chi connectivity index (χ0) is 12.3. The molecule has 90 valence electrons. The summed E-state index contributed by atoms with van der Waals surface area (Å²) in [7, 11) is 0. The van der Waals surface area contributed by atoms with E-state index in [-0.39, 0.29) is 18.5 Å². The smallest absolute Gasteiger partial charge is 0.234 e. The molecule has 0 bridgehead atoms. The summed E-state index contributed by atoms with van der Waals surface area (Å²) in [6.45, 7) is 11.2. The lowest BCUT2D eigenvalue weighted by Crippen LogP contribution is -2.59. The van der Waals surface area contributed by atoms with Crippen molar-refractivity contribution in [3.05, 3.63) is 0 Å². The quantitative estimate of drug-likeness (QED) is 0.632. The van der Waals surface area contributed by atoms with E-state index in [1.54, 1.807) is 27.7 Å². The van der Waals surface area contributed by atoms with Crippen molar-refractivity contribution < 1.29 is 9.90 Å². The Morgan fingerprint density at radius 1 is 1.27 bits per heavy atom. The number of rotatable bonds is 5. The summed E-state index contributed by atoms with van der Waals surface area (Å²) >= 11 is 0. The molecule has 3 N–H and O–H groups in total. The maximum absolute atomic E-state index is 11.5. The molecule has 0 radical (unpaired) electrons. The molecule has 0 fully saturated rings. The molecule has 0 aliphatic carbocycles. The van der Waals surface area contributed by atoms with E-state index in [1.165, 1.54) is 0 Å². The minimum absolute atomic E-state index is 0.101. The van der Waals surface area contributed by atoms with Gasteiger partial charge in [-0.1, -0.05) is 13.8 Å². The molecule has 0 heterocycles. The number of hydrogen-bond donors (Lipinski definition) is 3. The van der Waals surface area contributed by atoms with Crippen LogP contribution in [0.15, 0.2) is 0 Å². The highest BCUT2D eigenvalue weighted by Gasteiger charge is 2.36. The van der Waals surface area contributed by atoms with Gasteiger partial charge in [0.2, 0.25) is 5.91 Å². The van der Waals surface area contributed by atoms with E-state index in [2.05, 4.69) is 10.6 Å². The molecule has 0 unspecified atom stereocenters. The fourth-order valence-corrected chi connectivity index (χ4v) is 0.843. The Morgan fingerprint density at radius 2 is 1.73 bits per heavy atom. The van der Waals surface area contributed by atoms with Crippen molar-refractivity contribution in [2.75, 3.05) is 6.54 Å². The fourth-order valence-electron chi connectivity index (χ4n) is 0.843. The van der Waals surface area contributed by atoms with Gasteiger partial charge in [0, 0.05) is 6.04 Å². The molecule has 0 aromatic heterocycles. The Morgan fingerprint density at radius 3 is 2.07 bits per heavy atom. The lowest BCUT2D eigenvalue weighted by Gasteiger charge is -2.38. The molecule has 0 aromatic rings. The van der Waals surface area contributed by atoms with Gasteiger partial charge in [-0.3, -0.25) is 4.79 Å². The van der Waals surface area contributed by atoms with Gasteiger partial charge in [0.1, 0.15) is 0 Å². The van der Waals surface area contributed by atoms with E-state index in [4.69, 9.17) is 0 Å². The first-order chi connectivity index (χ1) is 6.56. The molecule has 4 heteroatoms. The average Bonchev–Trinajstić information content (AvgIpc) is 1.97. The average molecular weight is 216 g/mol. The van der Waals surface area contributed by atoms with Crippen LogP contribution in [0.4, 0.5) is 0 Å². The summed E-state index contributed by atoms with van der Waals surface area (Å²) in [6.07, 6.45) is 0. The predicted octanol–water partition coefficient (Wildman–Crippen LogP) is 0.650. The van der Waals surface area contributed by atoms with Gasteiger partial charge >= 0.3 is 0 Å². The highest BCUT2D eigenvalue weighted by molar-refractivity contribution is 5.79. The maximum Gasteiger partial charge on any atom is 0.234 e. The Bertz CT molecular complexity index is 217. The molecule has 4 nitrogen and oxygen atoms in total. The summed E-state index contributed by atoms with van der Waals surface area (Å²) in [4.78, 5) is 11.5. The Kier molecular flexibility index (Phi) is 4.74. The van der Waals surface area contributed by atoms with Crippen molar-refractivity contribution in [3.8, 4) is 0 Å². The van der Waals surface area contributed by atoms with Crippen molar-refractivity contribution in [2.24, 2.45) is 0 Å². The third-order valence-electron chi connectivity index (χ3n) is 2.65. The van der Waals surface area contributed by atoms with Crippen molar-refractivity contribution in [1.82, 2.24) is 10.6 Å². The van der Waals surface area contributed by atoms with Gasteiger partial charge in [0.15, 0.2) is 0 Å². The highest BCUT2D eigenvalue weighted by Crippen LogP contribution is 2.19. The molecule has 0 saturated carbocycles. The van der Waals surface area contributed by atoms with Gasteiger partial charge in [0.25, 0.3) is 0 Å². The van der Waals surface area contributed by atoms with Crippen molar-refractivity contribution >= 4 is 5.91 Å². The van der Waals surface area contributed by atoms with Crippen LogP contribution in [0.5, 0.6) is 0 Å². The third-order valence-corrected chi connectivity index (χ3v) is 2.65. The van der Waals surface area contributed by atoms with Crippen LogP contribution in [-0.4, -0.2) is 34.7 Å². The van der Waals surface area contributed by atoms with E-state index in [1.807, 2.05) is 13.8 Å². The van der Waals surface area contributed by atoms with Gasteiger partial charge in [-0.25, -0.2) is 0 Å². The van der Waals surface area contributed by atoms with Crippen LogP contribution in [0.25, 0.3) is 0 Å². The fraction of sp³-hybridized carbons (Fsp3) is 0.909. The van der Waals surface area contributed by atoms with Crippen LogP contribution in [0.3, 0.4) is 0 Å². The number of carbonyl (C=O) groups is 1. The molecular formula is C11H24N2O2. The van der Waals surface area contributed by atoms with E-state index < -0.39 is 11.1 Å². The summed E-state index contributed by atoms with van der Waals surface area (Å²) in [5.41, 5.74) is -1.58. The molecule has 15 heavy (non-hydrogen) atoms. The summed E-state index contributed by atoms with van der Waals surface area (Å²) in [6, 6.07) is 0.279. The van der Waals surface area contributed by atoms with Crippen LogP contribution in [0, 0.1) is 0 Å². The molecule has 0 aromatic carbocycles. The van der Waals surface area contributed by atoms with Crippen LogP contribution >= 0.6 is 0 Å². The van der Waals surface area contributed by atoms with E-state index in [9.17, 15) is 9.90 Å². The second-order valence-corrected chi connectivity index (χ2v) is 5.27. The molecule has 1 amide bonds. The summed E-state index contributed by atoms with van der Waals surface area (Å²) < 4.78 is 0. The molecule has 0 spiro atoms. The van der Waals surface area contributed by atoms with Crippen LogP contribution in [-0.2, 0) is 4.79 Å². The number of aliphatic hydroxyl groups is 1. The second kappa shape index (κ2) is 4.94. The van der Waals surface area contributed by atoms with Gasteiger partial charge in [-0.15, -0.1) is 0 Å². The minimum Gasteiger partial charge on any atom is -0.388 e. The number of amides is 1. The first-order valence-corrected chi connectivity index (χ1v) is 5.33. The summed E-state index contributed by atoms with van der Waals surface area (Å²) in [5, 5.41) is 15.7. The molecular weight excluding hydrogens is 192 g/mol. The first kappa shape index (κ1) is 14.4. The van der Waals surface area contributed by atoms with Crippen molar-refractivity contribution in [1.29, 1.82) is 0 Å².